The average molecular weight is 332 g/mol. The van der Waals surface area contributed by atoms with Gasteiger partial charge in [-0.15, -0.1) is 0 Å². The van der Waals surface area contributed by atoms with Crippen LogP contribution in [0.3, 0.4) is 0 Å². The molecule has 0 aliphatic carbocycles. The second-order valence-electron chi connectivity index (χ2n) is 6.11. The van der Waals surface area contributed by atoms with E-state index in [4.69, 9.17) is 4.74 Å². The third-order valence-electron chi connectivity index (χ3n) is 4.44. The van der Waals surface area contributed by atoms with Crippen LogP contribution in [0.15, 0.2) is 21.9 Å². The molecule has 0 radical (unpaired) electrons. The molecule has 128 valence electrons. The van der Waals surface area contributed by atoms with E-state index in [2.05, 4.69) is 10.3 Å². The van der Waals surface area contributed by atoms with E-state index in [0.29, 0.717) is 6.61 Å². The zero-order chi connectivity index (χ0) is 17.4. The molecule has 24 heavy (non-hydrogen) atoms. The molecule has 2 aromatic heterocycles. The summed E-state index contributed by atoms with van der Waals surface area (Å²) in [5.41, 5.74) is -0.387. The van der Waals surface area contributed by atoms with Gasteiger partial charge in [0.15, 0.2) is 0 Å². The minimum atomic E-state index is -0.470. The molecule has 0 unspecified atom stereocenters. The van der Waals surface area contributed by atoms with Crippen LogP contribution in [-0.4, -0.2) is 38.8 Å². The summed E-state index contributed by atoms with van der Waals surface area (Å²) >= 11 is 0. The molecule has 8 nitrogen and oxygen atoms in total. The Morgan fingerprint density at radius 1 is 1.38 bits per heavy atom. The SMILES string of the molecule is C[C@@H](NC(=O)c1cnc2c(c1)c(=O)n(C)c(=O)n2C)[C@@H]1CCCO1. The van der Waals surface area contributed by atoms with Crippen molar-refractivity contribution in [1.29, 1.82) is 0 Å². The smallest absolute Gasteiger partial charge is 0.332 e. The number of hydrogen-bond donors (Lipinski definition) is 1. The van der Waals surface area contributed by atoms with Crippen LogP contribution in [0.5, 0.6) is 0 Å². The summed E-state index contributed by atoms with van der Waals surface area (Å²) in [7, 11) is 2.94. The lowest BCUT2D eigenvalue weighted by molar-refractivity contribution is 0.0712. The summed E-state index contributed by atoms with van der Waals surface area (Å²) in [4.78, 5) is 40.7. The van der Waals surface area contributed by atoms with E-state index in [1.54, 1.807) is 0 Å². The van der Waals surface area contributed by atoms with E-state index in [-0.39, 0.29) is 34.6 Å². The van der Waals surface area contributed by atoms with Crippen molar-refractivity contribution in [3.05, 3.63) is 38.7 Å². The van der Waals surface area contributed by atoms with Crippen molar-refractivity contribution in [3.63, 3.8) is 0 Å². The first-order valence-electron chi connectivity index (χ1n) is 7.88. The molecule has 8 heteroatoms. The summed E-state index contributed by atoms with van der Waals surface area (Å²) in [6.07, 6.45) is 3.29. The minimum Gasteiger partial charge on any atom is -0.376 e. The van der Waals surface area contributed by atoms with Crippen molar-refractivity contribution >= 4 is 16.9 Å². The van der Waals surface area contributed by atoms with Gasteiger partial charge < -0.3 is 10.1 Å². The molecule has 1 N–H and O–H groups in total. The number of nitrogens with one attached hydrogen (secondary N) is 1. The molecular formula is C16H20N4O4. The Balaban J connectivity index is 1.94. The van der Waals surface area contributed by atoms with Crippen LogP contribution in [0.25, 0.3) is 11.0 Å². The fraction of sp³-hybridized carbons (Fsp3) is 0.500. The number of carbonyl (C=O) groups excluding carboxylic acids is 1. The fourth-order valence-corrected chi connectivity index (χ4v) is 2.97. The Bertz CT molecular complexity index is 909. The molecule has 3 heterocycles. The number of carbonyl (C=O) groups is 1. The number of fused-ring (bicyclic) bond motifs is 1. The molecule has 0 aromatic carbocycles. The molecule has 3 rings (SSSR count). The quantitative estimate of drug-likeness (QED) is 0.849. The van der Waals surface area contributed by atoms with Crippen molar-refractivity contribution < 1.29 is 9.53 Å². The number of pyridine rings is 1. The van der Waals surface area contributed by atoms with Crippen LogP contribution in [0.4, 0.5) is 0 Å². The molecule has 1 saturated heterocycles. The van der Waals surface area contributed by atoms with Crippen LogP contribution in [0, 0.1) is 0 Å². The maximum absolute atomic E-state index is 12.4. The topological polar surface area (TPSA) is 95.2 Å². The van der Waals surface area contributed by atoms with E-state index in [0.717, 1.165) is 17.4 Å². The van der Waals surface area contributed by atoms with Crippen molar-refractivity contribution in [2.45, 2.75) is 31.9 Å². The molecule has 0 saturated carbocycles. The summed E-state index contributed by atoms with van der Waals surface area (Å²) in [5.74, 6) is -0.316. The number of aromatic nitrogens is 3. The first-order chi connectivity index (χ1) is 11.4. The standard InChI is InChI=1S/C16H20N4O4/c1-9(12-5-4-6-24-12)18-14(21)10-7-11-13(17-8-10)19(2)16(23)20(3)15(11)22/h7-9,12H,4-6H2,1-3H3,(H,18,21)/t9-,12+/m1/s1. The highest BCUT2D eigenvalue weighted by Gasteiger charge is 2.24. The van der Waals surface area contributed by atoms with Crippen LogP contribution in [0.1, 0.15) is 30.1 Å². The second-order valence-corrected chi connectivity index (χ2v) is 6.11. The summed E-state index contributed by atoms with van der Waals surface area (Å²) < 4.78 is 7.85. The number of rotatable bonds is 3. The molecule has 1 fully saturated rings. The van der Waals surface area contributed by atoms with Gasteiger partial charge >= 0.3 is 5.69 Å². The molecular weight excluding hydrogens is 312 g/mol. The number of nitrogens with zero attached hydrogens (tertiary/aromatic N) is 3. The van der Waals surface area contributed by atoms with Gasteiger partial charge in [0, 0.05) is 26.9 Å². The van der Waals surface area contributed by atoms with E-state index in [9.17, 15) is 14.4 Å². The van der Waals surface area contributed by atoms with Crippen molar-refractivity contribution in [2.24, 2.45) is 14.1 Å². The Hall–Kier alpha value is -2.48. The zero-order valence-electron chi connectivity index (χ0n) is 13.9. The van der Waals surface area contributed by atoms with E-state index in [1.807, 2.05) is 6.92 Å². The largest absolute Gasteiger partial charge is 0.376 e. The third-order valence-corrected chi connectivity index (χ3v) is 4.44. The second kappa shape index (κ2) is 6.20. The molecule has 1 aliphatic rings. The number of aryl methyl sites for hydroxylation is 1. The van der Waals surface area contributed by atoms with E-state index < -0.39 is 11.2 Å². The van der Waals surface area contributed by atoms with Gasteiger partial charge in [-0.1, -0.05) is 0 Å². The Morgan fingerprint density at radius 3 is 2.79 bits per heavy atom. The number of ether oxygens (including phenoxy) is 1. The lowest BCUT2D eigenvalue weighted by atomic mass is 10.1. The lowest BCUT2D eigenvalue weighted by Gasteiger charge is -2.20. The summed E-state index contributed by atoms with van der Waals surface area (Å²) in [6.45, 7) is 2.61. The van der Waals surface area contributed by atoms with Crippen LogP contribution >= 0.6 is 0 Å². The highest BCUT2D eigenvalue weighted by atomic mass is 16.5. The Morgan fingerprint density at radius 2 is 2.12 bits per heavy atom. The predicted molar refractivity (Wildman–Crippen MR) is 88.1 cm³/mol. The number of amides is 1. The van der Waals surface area contributed by atoms with Crippen LogP contribution in [-0.2, 0) is 18.8 Å². The normalized spacial score (nSPS) is 18.7. The Labute approximate surface area is 138 Å². The van der Waals surface area contributed by atoms with E-state index >= 15 is 0 Å². The van der Waals surface area contributed by atoms with Crippen molar-refractivity contribution in [2.75, 3.05) is 6.61 Å². The molecule has 0 bridgehead atoms. The van der Waals surface area contributed by atoms with Crippen molar-refractivity contribution in [1.82, 2.24) is 19.4 Å². The molecule has 1 amide bonds. The van der Waals surface area contributed by atoms with Crippen LogP contribution in [0.2, 0.25) is 0 Å². The molecule has 2 atom stereocenters. The highest BCUT2D eigenvalue weighted by molar-refractivity contribution is 5.96. The van der Waals surface area contributed by atoms with Crippen LogP contribution < -0.4 is 16.6 Å². The summed E-state index contributed by atoms with van der Waals surface area (Å²) in [5, 5.41) is 3.11. The van der Waals surface area contributed by atoms with Gasteiger partial charge in [0.2, 0.25) is 0 Å². The van der Waals surface area contributed by atoms with Gasteiger partial charge in [0.05, 0.1) is 23.1 Å². The maximum atomic E-state index is 12.4. The number of hydrogen-bond acceptors (Lipinski definition) is 5. The maximum Gasteiger partial charge on any atom is 0.332 e. The average Bonchev–Trinajstić information content (AvgIpc) is 3.12. The van der Waals surface area contributed by atoms with Gasteiger partial charge in [-0.3, -0.25) is 18.7 Å². The molecule has 2 aromatic rings. The molecule has 1 aliphatic heterocycles. The summed E-state index contributed by atoms with van der Waals surface area (Å²) in [6, 6.07) is 1.35. The monoisotopic (exact) mass is 332 g/mol. The highest BCUT2D eigenvalue weighted by Crippen LogP contribution is 2.16. The zero-order valence-corrected chi connectivity index (χ0v) is 13.9. The first kappa shape index (κ1) is 16.4. The van der Waals surface area contributed by atoms with Gasteiger partial charge in [-0.2, -0.15) is 0 Å². The van der Waals surface area contributed by atoms with Gasteiger partial charge in [-0.05, 0) is 25.8 Å². The minimum absolute atomic E-state index is 0.0102. The van der Waals surface area contributed by atoms with Gasteiger partial charge in [0.25, 0.3) is 11.5 Å². The van der Waals surface area contributed by atoms with Crippen molar-refractivity contribution in [3.8, 4) is 0 Å². The first-order valence-corrected chi connectivity index (χ1v) is 7.88. The third kappa shape index (κ3) is 2.73. The van der Waals surface area contributed by atoms with Gasteiger partial charge in [0.1, 0.15) is 5.65 Å². The van der Waals surface area contributed by atoms with Gasteiger partial charge in [-0.25, -0.2) is 9.78 Å². The Kier molecular flexibility index (Phi) is 4.23. The molecule has 0 spiro atoms. The fourth-order valence-electron chi connectivity index (χ4n) is 2.97. The predicted octanol–water partition coefficient (Wildman–Crippen LogP) is -0.0705. The lowest BCUT2D eigenvalue weighted by Crippen LogP contribution is -2.41. The van der Waals surface area contributed by atoms with E-state index in [1.165, 1.54) is 30.9 Å².